The second-order valence-electron chi connectivity index (χ2n) is 5.50. The SMILES string of the molecule is Cc1c2c(c(C(C)C)c3c1CCC3)C=CC2. The summed E-state index contributed by atoms with van der Waals surface area (Å²) in [5.74, 6) is 0.670. The van der Waals surface area contributed by atoms with Crippen LogP contribution in [0.2, 0.25) is 0 Å². The molecule has 0 aliphatic heterocycles. The maximum Gasteiger partial charge on any atom is -0.00853 e. The summed E-state index contributed by atoms with van der Waals surface area (Å²) in [6.45, 7) is 7.02. The monoisotopic (exact) mass is 212 g/mol. The van der Waals surface area contributed by atoms with Crippen molar-refractivity contribution in [3.8, 4) is 0 Å². The van der Waals surface area contributed by atoms with E-state index in [-0.39, 0.29) is 0 Å². The van der Waals surface area contributed by atoms with E-state index >= 15 is 0 Å². The zero-order valence-corrected chi connectivity index (χ0v) is 10.6. The fourth-order valence-electron chi connectivity index (χ4n) is 3.57. The average molecular weight is 212 g/mol. The molecule has 3 rings (SSSR count). The lowest BCUT2D eigenvalue weighted by Gasteiger charge is -2.20. The predicted molar refractivity (Wildman–Crippen MR) is 70.0 cm³/mol. The van der Waals surface area contributed by atoms with Gasteiger partial charge in [-0.3, -0.25) is 0 Å². The number of rotatable bonds is 1. The average Bonchev–Trinajstić information content (AvgIpc) is 2.84. The van der Waals surface area contributed by atoms with E-state index in [1.54, 1.807) is 33.4 Å². The van der Waals surface area contributed by atoms with E-state index in [4.69, 9.17) is 0 Å². The Morgan fingerprint density at radius 2 is 1.81 bits per heavy atom. The van der Waals surface area contributed by atoms with E-state index in [0.717, 1.165) is 6.42 Å². The summed E-state index contributed by atoms with van der Waals surface area (Å²) in [6.07, 6.45) is 9.84. The molecule has 0 aromatic heterocycles. The molecule has 0 radical (unpaired) electrons. The Balaban J connectivity index is 2.35. The molecular weight excluding hydrogens is 192 g/mol. The van der Waals surface area contributed by atoms with Crippen LogP contribution in [-0.2, 0) is 19.3 Å². The summed E-state index contributed by atoms with van der Waals surface area (Å²) >= 11 is 0. The molecule has 0 N–H and O–H groups in total. The topological polar surface area (TPSA) is 0 Å². The molecule has 0 bridgehead atoms. The van der Waals surface area contributed by atoms with E-state index in [1.807, 2.05) is 0 Å². The molecule has 1 aromatic carbocycles. The molecule has 0 nitrogen and oxygen atoms in total. The van der Waals surface area contributed by atoms with Gasteiger partial charge >= 0.3 is 0 Å². The second kappa shape index (κ2) is 3.48. The molecule has 0 fully saturated rings. The van der Waals surface area contributed by atoms with Gasteiger partial charge < -0.3 is 0 Å². The third-order valence-corrected chi connectivity index (χ3v) is 4.25. The highest BCUT2D eigenvalue weighted by Crippen LogP contribution is 2.40. The maximum atomic E-state index is 2.36. The Morgan fingerprint density at radius 3 is 2.56 bits per heavy atom. The third kappa shape index (κ3) is 1.22. The fraction of sp³-hybridized carbons (Fsp3) is 0.500. The van der Waals surface area contributed by atoms with Gasteiger partial charge in [-0.15, -0.1) is 0 Å². The Hall–Kier alpha value is -1.04. The van der Waals surface area contributed by atoms with Gasteiger partial charge in [0.1, 0.15) is 0 Å². The van der Waals surface area contributed by atoms with Gasteiger partial charge in [0.25, 0.3) is 0 Å². The summed E-state index contributed by atoms with van der Waals surface area (Å²) in [4.78, 5) is 0. The molecule has 2 aliphatic rings. The van der Waals surface area contributed by atoms with Crippen molar-refractivity contribution in [1.82, 2.24) is 0 Å². The zero-order valence-electron chi connectivity index (χ0n) is 10.6. The lowest BCUT2D eigenvalue weighted by atomic mass is 9.85. The molecule has 0 unspecified atom stereocenters. The molecule has 84 valence electrons. The van der Waals surface area contributed by atoms with Crippen molar-refractivity contribution >= 4 is 6.08 Å². The van der Waals surface area contributed by atoms with Gasteiger partial charge in [-0.1, -0.05) is 26.0 Å². The first-order valence-electron chi connectivity index (χ1n) is 6.53. The summed E-state index contributed by atoms with van der Waals surface area (Å²) in [5, 5.41) is 0. The number of allylic oxidation sites excluding steroid dienone is 1. The van der Waals surface area contributed by atoms with Crippen molar-refractivity contribution in [3.05, 3.63) is 39.5 Å². The predicted octanol–water partition coefficient (Wildman–Crippen LogP) is 4.18. The first-order chi connectivity index (χ1) is 7.70. The third-order valence-electron chi connectivity index (χ3n) is 4.25. The van der Waals surface area contributed by atoms with Crippen molar-refractivity contribution in [2.24, 2.45) is 0 Å². The van der Waals surface area contributed by atoms with E-state index in [1.165, 1.54) is 19.3 Å². The van der Waals surface area contributed by atoms with Crippen LogP contribution in [0.4, 0.5) is 0 Å². The highest BCUT2D eigenvalue weighted by atomic mass is 14.3. The molecule has 2 aliphatic carbocycles. The quantitative estimate of drug-likeness (QED) is 0.655. The molecule has 0 saturated carbocycles. The molecule has 16 heavy (non-hydrogen) atoms. The zero-order chi connectivity index (χ0) is 11.3. The largest absolute Gasteiger partial charge is 0.0795 e. The van der Waals surface area contributed by atoms with Gasteiger partial charge in [-0.2, -0.15) is 0 Å². The number of fused-ring (bicyclic) bond motifs is 2. The molecule has 0 spiro atoms. The van der Waals surface area contributed by atoms with Crippen LogP contribution in [0.3, 0.4) is 0 Å². The van der Waals surface area contributed by atoms with Crippen LogP contribution in [-0.4, -0.2) is 0 Å². The summed E-state index contributed by atoms with van der Waals surface area (Å²) in [7, 11) is 0. The van der Waals surface area contributed by atoms with E-state index in [0.29, 0.717) is 5.92 Å². The van der Waals surface area contributed by atoms with E-state index in [9.17, 15) is 0 Å². The van der Waals surface area contributed by atoms with Crippen molar-refractivity contribution in [1.29, 1.82) is 0 Å². The molecule has 1 aromatic rings. The summed E-state index contributed by atoms with van der Waals surface area (Å²) in [5.41, 5.74) is 9.81. The molecule has 0 amide bonds. The number of hydrogen-bond acceptors (Lipinski definition) is 0. The summed E-state index contributed by atoms with van der Waals surface area (Å²) in [6, 6.07) is 0. The van der Waals surface area contributed by atoms with Crippen LogP contribution in [0, 0.1) is 6.92 Å². The smallest absolute Gasteiger partial charge is 0.00853 e. The minimum atomic E-state index is 0.670. The Morgan fingerprint density at radius 1 is 1.06 bits per heavy atom. The standard InChI is InChI=1S/C16H20/c1-10(2)16-14-8-4-6-12(14)11(3)13-7-5-9-15(13)16/h4,8,10H,5-7,9H2,1-3H3. The highest BCUT2D eigenvalue weighted by Gasteiger charge is 2.25. The highest BCUT2D eigenvalue weighted by molar-refractivity contribution is 5.70. The molecule has 0 heterocycles. The first-order valence-corrected chi connectivity index (χ1v) is 6.53. The minimum Gasteiger partial charge on any atom is -0.0795 e. The lowest BCUT2D eigenvalue weighted by Crippen LogP contribution is -2.04. The van der Waals surface area contributed by atoms with Gasteiger partial charge in [0.2, 0.25) is 0 Å². The van der Waals surface area contributed by atoms with Crippen LogP contribution in [0.25, 0.3) is 6.08 Å². The van der Waals surface area contributed by atoms with Crippen LogP contribution in [0.1, 0.15) is 59.6 Å². The van der Waals surface area contributed by atoms with Crippen LogP contribution < -0.4 is 0 Å². The molecule has 0 saturated heterocycles. The van der Waals surface area contributed by atoms with Crippen molar-refractivity contribution in [2.75, 3.05) is 0 Å². The first kappa shape index (κ1) is 10.1. The summed E-state index contributed by atoms with van der Waals surface area (Å²) < 4.78 is 0. The van der Waals surface area contributed by atoms with Gasteiger partial charge in [0, 0.05) is 0 Å². The van der Waals surface area contributed by atoms with Crippen LogP contribution in [0.5, 0.6) is 0 Å². The normalized spacial score (nSPS) is 17.0. The van der Waals surface area contributed by atoms with Gasteiger partial charge in [0.15, 0.2) is 0 Å². The van der Waals surface area contributed by atoms with Gasteiger partial charge in [-0.05, 0) is 71.9 Å². The maximum absolute atomic E-state index is 2.36. The second-order valence-corrected chi connectivity index (χ2v) is 5.50. The van der Waals surface area contributed by atoms with E-state index in [2.05, 4.69) is 32.9 Å². The minimum absolute atomic E-state index is 0.670. The van der Waals surface area contributed by atoms with E-state index < -0.39 is 0 Å². The van der Waals surface area contributed by atoms with Crippen LogP contribution >= 0.6 is 0 Å². The van der Waals surface area contributed by atoms with Crippen molar-refractivity contribution in [2.45, 2.75) is 52.4 Å². The molecule has 0 heteroatoms. The van der Waals surface area contributed by atoms with Gasteiger partial charge in [0.05, 0.1) is 0 Å². The van der Waals surface area contributed by atoms with Gasteiger partial charge in [-0.25, -0.2) is 0 Å². The Kier molecular flexibility index (Phi) is 2.20. The fourth-order valence-corrected chi connectivity index (χ4v) is 3.57. The molecule has 0 atom stereocenters. The Labute approximate surface area is 98.4 Å². The molecular formula is C16H20. The Bertz CT molecular complexity index is 472. The number of hydrogen-bond donors (Lipinski definition) is 0. The van der Waals surface area contributed by atoms with Crippen molar-refractivity contribution in [3.63, 3.8) is 0 Å². The van der Waals surface area contributed by atoms with Crippen molar-refractivity contribution < 1.29 is 0 Å². The lowest BCUT2D eigenvalue weighted by molar-refractivity contribution is 0.834. The van der Waals surface area contributed by atoms with Crippen LogP contribution in [0.15, 0.2) is 6.08 Å². The number of benzene rings is 1.